The van der Waals surface area contributed by atoms with Crippen molar-refractivity contribution in [1.82, 2.24) is 9.97 Å². The normalized spacial score (nSPS) is 22.7. The van der Waals surface area contributed by atoms with Gasteiger partial charge in [0.05, 0.1) is 30.2 Å². The Balaban J connectivity index is 2.25. The van der Waals surface area contributed by atoms with Crippen molar-refractivity contribution in [1.29, 1.82) is 0 Å². The number of aromatic nitrogens is 2. The highest BCUT2D eigenvalue weighted by Gasteiger charge is 2.33. The third-order valence-electron chi connectivity index (χ3n) is 2.78. The zero-order valence-corrected chi connectivity index (χ0v) is 10.4. The summed E-state index contributed by atoms with van der Waals surface area (Å²) in [5, 5.41) is 8.84. The molecule has 1 aliphatic rings. The molecule has 1 fully saturated rings. The Morgan fingerprint density at radius 1 is 1.50 bits per heavy atom. The molecule has 0 bridgehead atoms. The van der Waals surface area contributed by atoms with Crippen LogP contribution in [0, 0.1) is 0 Å². The molecule has 1 aromatic heterocycles. The summed E-state index contributed by atoms with van der Waals surface area (Å²) in [6.07, 6.45) is 4.29. The Kier molecular flexibility index (Phi) is 3.46. The van der Waals surface area contributed by atoms with Crippen LogP contribution in [0.5, 0.6) is 0 Å². The fourth-order valence-electron chi connectivity index (χ4n) is 2.00. The fraction of sp³-hybridized carbons (Fsp3) is 0.500. The summed E-state index contributed by atoms with van der Waals surface area (Å²) in [4.78, 5) is 20.5. The lowest BCUT2D eigenvalue weighted by Gasteiger charge is -2.35. The Labute approximate surface area is 104 Å². The summed E-state index contributed by atoms with van der Waals surface area (Å²) in [7, 11) is -3.17. The number of hydrogen-bond acceptors (Lipinski definition) is 6. The second kappa shape index (κ2) is 4.89. The van der Waals surface area contributed by atoms with E-state index in [0.717, 1.165) is 0 Å². The van der Waals surface area contributed by atoms with Crippen LogP contribution in [0.1, 0.15) is 6.42 Å². The van der Waals surface area contributed by atoms with Gasteiger partial charge in [-0.05, 0) is 0 Å². The number of anilines is 1. The number of aliphatic carboxylic acids is 1. The average molecular weight is 271 g/mol. The summed E-state index contributed by atoms with van der Waals surface area (Å²) in [5.41, 5.74) is 0. The fourth-order valence-corrected chi connectivity index (χ4v) is 3.52. The molecular formula is C10H13N3O4S. The number of nitrogens with zero attached hydrogens (tertiary/aromatic N) is 3. The van der Waals surface area contributed by atoms with Crippen molar-refractivity contribution in [2.45, 2.75) is 12.5 Å². The van der Waals surface area contributed by atoms with E-state index in [1.807, 2.05) is 0 Å². The van der Waals surface area contributed by atoms with Gasteiger partial charge in [-0.2, -0.15) is 0 Å². The van der Waals surface area contributed by atoms with E-state index in [0.29, 0.717) is 5.82 Å². The predicted molar refractivity (Wildman–Crippen MR) is 64.1 cm³/mol. The van der Waals surface area contributed by atoms with Gasteiger partial charge in [0.25, 0.3) is 0 Å². The van der Waals surface area contributed by atoms with Crippen molar-refractivity contribution in [2.75, 3.05) is 23.0 Å². The predicted octanol–water partition coefficient (Wildman–Crippen LogP) is -0.445. The molecule has 2 rings (SSSR count). The van der Waals surface area contributed by atoms with Gasteiger partial charge >= 0.3 is 5.97 Å². The SMILES string of the molecule is O=C(O)CC1CS(=O)(=O)CCN1c1cnccn1. The van der Waals surface area contributed by atoms with Crippen LogP contribution in [0.2, 0.25) is 0 Å². The first kappa shape index (κ1) is 12.7. The van der Waals surface area contributed by atoms with Crippen LogP contribution in [0.15, 0.2) is 18.6 Å². The van der Waals surface area contributed by atoms with Crippen molar-refractivity contribution >= 4 is 21.6 Å². The van der Waals surface area contributed by atoms with Gasteiger partial charge in [-0.3, -0.25) is 9.78 Å². The molecule has 18 heavy (non-hydrogen) atoms. The van der Waals surface area contributed by atoms with E-state index in [1.54, 1.807) is 4.90 Å². The molecule has 0 spiro atoms. The van der Waals surface area contributed by atoms with Gasteiger partial charge in [-0.25, -0.2) is 13.4 Å². The molecule has 0 aromatic carbocycles. The van der Waals surface area contributed by atoms with Crippen LogP contribution in [-0.2, 0) is 14.6 Å². The summed E-state index contributed by atoms with van der Waals surface area (Å²) in [5.74, 6) is -0.653. The lowest BCUT2D eigenvalue weighted by atomic mass is 10.2. The Morgan fingerprint density at radius 3 is 2.89 bits per heavy atom. The average Bonchev–Trinajstić information content (AvgIpc) is 2.28. The van der Waals surface area contributed by atoms with E-state index in [2.05, 4.69) is 9.97 Å². The molecule has 1 N–H and O–H groups in total. The number of carboxylic acids is 1. The van der Waals surface area contributed by atoms with E-state index in [4.69, 9.17) is 5.11 Å². The first-order valence-electron chi connectivity index (χ1n) is 5.43. The van der Waals surface area contributed by atoms with Gasteiger partial charge in [0.15, 0.2) is 9.84 Å². The quantitative estimate of drug-likeness (QED) is 0.795. The van der Waals surface area contributed by atoms with Crippen molar-refractivity contribution in [3.63, 3.8) is 0 Å². The van der Waals surface area contributed by atoms with E-state index in [1.165, 1.54) is 18.6 Å². The highest BCUT2D eigenvalue weighted by molar-refractivity contribution is 7.91. The molecule has 0 radical (unpaired) electrons. The monoisotopic (exact) mass is 271 g/mol. The Hall–Kier alpha value is -1.70. The van der Waals surface area contributed by atoms with E-state index >= 15 is 0 Å². The minimum Gasteiger partial charge on any atom is -0.481 e. The van der Waals surface area contributed by atoms with E-state index in [-0.39, 0.29) is 24.5 Å². The summed E-state index contributed by atoms with van der Waals surface area (Å²) in [6, 6.07) is -0.585. The standard InChI is InChI=1S/C10H13N3O4S/c14-10(15)5-8-7-18(16,17)4-3-13(8)9-6-11-1-2-12-9/h1-2,6,8H,3-5,7H2,(H,14,15). The van der Waals surface area contributed by atoms with Crippen LogP contribution < -0.4 is 4.90 Å². The van der Waals surface area contributed by atoms with Gasteiger partial charge in [-0.15, -0.1) is 0 Å². The van der Waals surface area contributed by atoms with Gasteiger partial charge in [0.2, 0.25) is 0 Å². The zero-order valence-electron chi connectivity index (χ0n) is 9.56. The highest BCUT2D eigenvalue weighted by atomic mass is 32.2. The summed E-state index contributed by atoms with van der Waals surface area (Å²) < 4.78 is 23.1. The van der Waals surface area contributed by atoms with Crippen LogP contribution in [-0.4, -0.2) is 53.6 Å². The number of rotatable bonds is 3. The first-order chi connectivity index (χ1) is 8.48. The van der Waals surface area contributed by atoms with Gasteiger partial charge in [-0.1, -0.05) is 0 Å². The molecule has 7 nitrogen and oxygen atoms in total. The Morgan fingerprint density at radius 2 is 2.28 bits per heavy atom. The second-order valence-electron chi connectivity index (χ2n) is 4.12. The summed E-state index contributed by atoms with van der Waals surface area (Å²) in [6.45, 7) is 0.249. The molecule has 98 valence electrons. The topological polar surface area (TPSA) is 100 Å². The largest absolute Gasteiger partial charge is 0.481 e. The van der Waals surface area contributed by atoms with Crippen LogP contribution in [0.3, 0.4) is 0 Å². The minimum atomic E-state index is -3.17. The molecule has 1 unspecified atom stereocenters. The van der Waals surface area contributed by atoms with Gasteiger partial charge in [0.1, 0.15) is 5.82 Å². The maximum Gasteiger partial charge on any atom is 0.305 e. The minimum absolute atomic E-state index is 0.0136. The number of hydrogen-bond donors (Lipinski definition) is 1. The molecule has 1 atom stereocenters. The molecule has 8 heteroatoms. The number of carbonyl (C=O) groups is 1. The first-order valence-corrected chi connectivity index (χ1v) is 7.25. The van der Waals surface area contributed by atoms with E-state index in [9.17, 15) is 13.2 Å². The summed E-state index contributed by atoms with van der Waals surface area (Å²) >= 11 is 0. The van der Waals surface area contributed by atoms with Crippen LogP contribution in [0.4, 0.5) is 5.82 Å². The number of sulfone groups is 1. The molecule has 1 aromatic rings. The molecule has 0 saturated carbocycles. The van der Waals surface area contributed by atoms with Crippen molar-refractivity contribution < 1.29 is 18.3 Å². The third kappa shape index (κ3) is 2.95. The maximum absolute atomic E-state index is 11.6. The molecule has 1 aliphatic heterocycles. The molecule has 0 aliphatic carbocycles. The molecular weight excluding hydrogens is 258 g/mol. The van der Waals surface area contributed by atoms with Crippen molar-refractivity contribution in [3.8, 4) is 0 Å². The smallest absolute Gasteiger partial charge is 0.305 e. The zero-order chi connectivity index (χ0) is 13.2. The van der Waals surface area contributed by atoms with E-state index < -0.39 is 21.8 Å². The lowest BCUT2D eigenvalue weighted by molar-refractivity contribution is -0.137. The number of carboxylic acid groups (broad SMARTS) is 1. The molecule has 1 saturated heterocycles. The third-order valence-corrected chi connectivity index (χ3v) is 4.48. The van der Waals surface area contributed by atoms with Crippen LogP contribution >= 0.6 is 0 Å². The van der Waals surface area contributed by atoms with Gasteiger partial charge in [0, 0.05) is 18.9 Å². The molecule has 0 amide bonds. The lowest BCUT2D eigenvalue weighted by Crippen LogP contribution is -2.49. The Bertz CT molecular complexity index is 531. The highest BCUT2D eigenvalue weighted by Crippen LogP contribution is 2.20. The van der Waals surface area contributed by atoms with Crippen LogP contribution in [0.25, 0.3) is 0 Å². The second-order valence-corrected chi connectivity index (χ2v) is 6.35. The van der Waals surface area contributed by atoms with Crippen molar-refractivity contribution in [2.24, 2.45) is 0 Å². The van der Waals surface area contributed by atoms with Crippen molar-refractivity contribution in [3.05, 3.63) is 18.6 Å². The maximum atomic E-state index is 11.6. The van der Waals surface area contributed by atoms with Gasteiger partial charge < -0.3 is 10.0 Å². The molecule has 2 heterocycles.